The molecule has 0 saturated heterocycles. The summed E-state index contributed by atoms with van der Waals surface area (Å²) in [5, 5.41) is 13.2. The van der Waals surface area contributed by atoms with Gasteiger partial charge < -0.3 is 20.6 Å². The number of ether oxygens (including phenoxy) is 1. The number of aliphatic hydroxyl groups is 1. The van der Waals surface area contributed by atoms with Crippen LogP contribution in [0.4, 0.5) is 11.6 Å². The van der Waals surface area contributed by atoms with E-state index in [1.54, 1.807) is 31.9 Å². The third kappa shape index (κ3) is 5.60. The summed E-state index contributed by atoms with van der Waals surface area (Å²) in [7, 11) is 1.57. The number of rotatable bonds is 8. The van der Waals surface area contributed by atoms with Crippen molar-refractivity contribution in [3.05, 3.63) is 11.9 Å². The van der Waals surface area contributed by atoms with Crippen molar-refractivity contribution in [1.29, 1.82) is 0 Å². The molecule has 1 aromatic rings. The van der Waals surface area contributed by atoms with E-state index in [0.717, 1.165) is 0 Å². The topological polar surface area (TPSA) is 105 Å². The number of nitrogens with zero attached hydrogens (tertiary/aromatic N) is 2. The molecule has 0 fully saturated rings. The van der Waals surface area contributed by atoms with Gasteiger partial charge in [0, 0.05) is 25.5 Å². The molecular weight excluding hydrogens is 266 g/mol. The fourth-order valence-electron chi connectivity index (χ4n) is 1.50. The van der Waals surface area contributed by atoms with Crippen LogP contribution in [-0.2, 0) is 11.3 Å². The molecule has 7 nitrogen and oxygen atoms in total. The average Bonchev–Trinajstić information content (AvgIpc) is 2.36. The monoisotopic (exact) mass is 287 g/mol. The van der Waals surface area contributed by atoms with Crippen LogP contribution in [0.15, 0.2) is 6.07 Å². The first-order valence-corrected chi connectivity index (χ1v) is 7.19. The molecule has 0 aliphatic rings. The molecule has 0 saturated carbocycles. The molecule has 0 aromatic carbocycles. The lowest BCUT2D eigenvalue weighted by Crippen LogP contribution is -2.36. The zero-order valence-electron chi connectivity index (χ0n) is 11.4. The van der Waals surface area contributed by atoms with Crippen LogP contribution >= 0.6 is 11.8 Å². The van der Waals surface area contributed by atoms with Crippen molar-refractivity contribution in [2.75, 3.05) is 36.4 Å². The second kappa shape index (κ2) is 7.49. The Morgan fingerprint density at radius 2 is 2.16 bits per heavy atom. The number of thioether (sulfide) groups is 1. The Hall–Kier alpha value is -1.09. The molecule has 5 N–H and O–H groups in total. The Morgan fingerprint density at radius 3 is 2.74 bits per heavy atom. The third-order valence-corrected chi connectivity index (χ3v) is 3.21. The number of hydrogen-bond donors (Lipinski definition) is 4. The summed E-state index contributed by atoms with van der Waals surface area (Å²) in [6.45, 7) is 2.46. The van der Waals surface area contributed by atoms with Crippen molar-refractivity contribution >= 4 is 23.4 Å². The summed E-state index contributed by atoms with van der Waals surface area (Å²) in [4.78, 5) is 8.42. The smallest absolute Gasteiger partial charge is 0.158 e. The number of aromatic nitrogens is 2. The largest absolute Gasteiger partial charge is 0.387 e. The molecule has 8 heteroatoms. The molecule has 1 unspecified atom stereocenters. The maximum atomic E-state index is 10.1. The Balaban J connectivity index is 2.74. The molecule has 0 amide bonds. The van der Waals surface area contributed by atoms with Crippen LogP contribution < -0.4 is 16.6 Å². The normalized spacial score (nSPS) is 13.9. The zero-order chi connectivity index (χ0) is 14.3. The summed E-state index contributed by atoms with van der Waals surface area (Å²) >= 11 is 1.59. The number of nitrogens with two attached hydrogens (primary N) is 1. The van der Waals surface area contributed by atoms with Gasteiger partial charge in [-0.3, -0.25) is 0 Å². The molecule has 108 valence electrons. The lowest BCUT2D eigenvalue weighted by molar-refractivity contribution is 0.0996. The Morgan fingerprint density at radius 1 is 1.47 bits per heavy atom. The minimum absolute atomic E-state index is 0.297. The lowest BCUT2D eigenvalue weighted by atomic mass is 10.1. The average molecular weight is 287 g/mol. The van der Waals surface area contributed by atoms with E-state index >= 15 is 0 Å². The molecule has 1 heterocycles. The number of nitrogen functional groups attached to an aromatic ring is 1. The second-order valence-corrected chi connectivity index (χ2v) is 5.28. The van der Waals surface area contributed by atoms with Crippen molar-refractivity contribution in [1.82, 2.24) is 9.97 Å². The van der Waals surface area contributed by atoms with Gasteiger partial charge in [0.25, 0.3) is 0 Å². The molecule has 0 aliphatic heterocycles. The second-order valence-electron chi connectivity index (χ2n) is 4.42. The van der Waals surface area contributed by atoms with Gasteiger partial charge in [-0.1, -0.05) is 0 Å². The van der Waals surface area contributed by atoms with Crippen molar-refractivity contribution in [2.24, 2.45) is 5.84 Å². The Kier molecular flexibility index (Phi) is 6.29. The fraction of sp³-hybridized carbons (Fsp3) is 0.636. The molecule has 1 aromatic heterocycles. The minimum Gasteiger partial charge on any atom is -0.387 e. The first-order chi connectivity index (χ1) is 9.00. The van der Waals surface area contributed by atoms with E-state index in [9.17, 15) is 5.11 Å². The van der Waals surface area contributed by atoms with Crippen LogP contribution in [-0.4, -0.2) is 46.3 Å². The highest BCUT2D eigenvalue weighted by Gasteiger charge is 2.19. The summed E-state index contributed by atoms with van der Waals surface area (Å²) in [6, 6.07) is 1.67. The maximum absolute atomic E-state index is 10.1. The standard InChI is InChI=1S/C11H21N5O2S/c1-11(17,7-19-3)6-13-8-4-9(16-12)15-10(14-8)5-18-2/h4,17H,5-7,12H2,1-3H3,(H2,13,14,15,16). The van der Waals surface area contributed by atoms with Crippen LogP contribution in [0.1, 0.15) is 12.7 Å². The summed E-state index contributed by atoms with van der Waals surface area (Å²) in [5.41, 5.74) is 1.67. The fourth-order valence-corrected chi connectivity index (χ4v) is 2.22. The van der Waals surface area contributed by atoms with E-state index in [2.05, 4.69) is 20.7 Å². The van der Waals surface area contributed by atoms with Gasteiger partial charge in [-0.15, -0.1) is 0 Å². The predicted molar refractivity (Wildman–Crippen MR) is 78.1 cm³/mol. The van der Waals surface area contributed by atoms with Crippen molar-refractivity contribution < 1.29 is 9.84 Å². The van der Waals surface area contributed by atoms with Gasteiger partial charge in [-0.2, -0.15) is 11.8 Å². The number of hydrazine groups is 1. The van der Waals surface area contributed by atoms with Gasteiger partial charge in [0.1, 0.15) is 18.2 Å². The quantitative estimate of drug-likeness (QED) is 0.403. The van der Waals surface area contributed by atoms with Gasteiger partial charge in [0.05, 0.1) is 5.60 Å². The third-order valence-electron chi connectivity index (χ3n) is 2.30. The summed E-state index contributed by atoms with van der Waals surface area (Å²) in [6.07, 6.45) is 1.95. The molecule has 0 radical (unpaired) electrons. The maximum Gasteiger partial charge on any atom is 0.158 e. The van der Waals surface area contributed by atoms with Crippen LogP contribution in [0.25, 0.3) is 0 Å². The number of methoxy groups -OCH3 is 1. The molecule has 1 atom stereocenters. The highest BCUT2D eigenvalue weighted by atomic mass is 32.2. The van der Waals surface area contributed by atoms with E-state index in [4.69, 9.17) is 10.6 Å². The van der Waals surface area contributed by atoms with Crippen LogP contribution in [0.2, 0.25) is 0 Å². The van der Waals surface area contributed by atoms with Gasteiger partial charge in [0.2, 0.25) is 0 Å². The van der Waals surface area contributed by atoms with E-state index in [0.29, 0.717) is 36.4 Å². The molecule has 19 heavy (non-hydrogen) atoms. The van der Waals surface area contributed by atoms with E-state index in [1.807, 2.05) is 6.26 Å². The number of anilines is 2. The van der Waals surface area contributed by atoms with Crippen LogP contribution in [0, 0.1) is 0 Å². The molecule has 0 aliphatic carbocycles. The van der Waals surface area contributed by atoms with Crippen LogP contribution in [0.5, 0.6) is 0 Å². The minimum atomic E-state index is -0.803. The predicted octanol–water partition coefficient (Wildman–Crippen LogP) is 0.434. The number of hydrogen-bond acceptors (Lipinski definition) is 8. The molecular formula is C11H21N5O2S. The Bertz CT molecular complexity index is 403. The van der Waals surface area contributed by atoms with Gasteiger partial charge in [-0.25, -0.2) is 15.8 Å². The highest BCUT2D eigenvalue weighted by molar-refractivity contribution is 7.98. The van der Waals surface area contributed by atoms with E-state index < -0.39 is 5.60 Å². The van der Waals surface area contributed by atoms with Crippen LogP contribution in [0.3, 0.4) is 0 Å². The highest BCUT2D eigenvalue weighted by Crippen LogP contribution is 2.15. The van der Waals surface area contributed by atoms with Gasteiger partial charge in [0.15, 0.2) is 5.82 Å². The van der Waals surface area contributed by atoms with Crippen molar-refractivity contribution in [3.63, 3.8) is 0 Å². The van der Waals surface area contributed by atoms with Gasteiger partial charge >= 0.3 is 0 Å². The van der Waals surface area contributed by atoms with Gasteiger partial charge in [-0.05, 0) is 13.2 Å². The van der Waals surface area contributed by atoms with Crippen molar-refractivity contribution in [2.45, 2.75) is 19.1 Å². The molecule has 0 bridgehead atoms. The molecule has 1 rings (SSSR count). The first kappa shape index (κ1) is 16.0. The SMILES string of the molecule is COCc1nc(NN)cc(NCC(C)(O)CSC)n1. The van der Waals surface area contributed by atoms with E-state index in [-0.39, 0.29) is 0 Å². The summed E-state index contributed by atoms with van der Waals surface area (Å²) in [5.74, 6) is 7.60. The molecule has 0 spiro atoms. The number of nitrogens with one attached hydrogen (secondary N) is 2. The summed E-state index contributed by atoms with van der Waals surface area (Å²) < 4.78 is 4.99. The van der Waals surface area contributed by atoms with E-state index in [1.165, 1.54) is 0 Å². The first-order valence-electron chi connectivity index (χ1n) is 5.79. The lowest BCUT2D eigenvalue weighted by Gasteiger charge is -2.23. The van der Waals surface area contributed by atoms with Crippen molar-refractivity contribution in [3.8, 4) is 0 Å². The zero-order valence-corrected chi connectivity index (χ0v) is 12.3. The Labute approximate surface area is 117 Å².